The predicted octanol–water partition coefficient (Wildman–Crippen LogP) is 3.32. The molecule has 1 rings (SSSR count). The van der Waals surface area contributed by atoms with Gasteiger partial charge >= 0.3 is 5.97 Å². The van der Waals surface area contributed by atoms with Gasteiger partial charge in [0.1, 0.15) is 12.4 Å². The first-order valence-corrected chi connectivity index (χ1v) is 7.33. The van der Waals surface area contributed by atoms with Crippen molar-refractivity contribution in [2.75, 3.05) is 13.2 Å². The number of carbonyl (C=O) groups is 1. The number of carboxylic acids is 1. The Morgan fingerprint density at radius 3 is 2.60 bits per heavy atom. The summed E-state index contributed by atoms with van der Waals surface area (Å²) in [5.74, 6) is -0.213. The van der Waals surface area contributed by atoms with Crippen LogP contribution in [0.1, 0.15) is 49.9 Å². The van der Waals surface area contributed by atoms with Crippen LogP contribution in [0.3, 0.4) is 0 Å². The minimum atomic E-state index is -0.917. The third-order valence-electron chi connectivity index (χ3n) is 3.21. The van der Waals surface area contributed by atoms with Crippen LogP contribution in [0.25, 0.3) is 0 Å². The number of hydrogen-bond acceptors (Lipinski definition) is 3. The molecule has 0 amide bonds. The van der Waals surface area contributed by atoms with Crippen LogP contribution in [-0.2, 0) is 0 Å². The van der Waals surface area contributed by atoms with Crippen molar-refractivity contribution in [3.63, 3.8) is 0 Å². The minimum absolute atomic E-state index is 0.278. The highest BCUT2D eigenvalue weighted by molar-refractivity contribution is 5.87. The fourth-order valence-corrected chi connectivity index (χ4v) is 1.97. The summed E-state index contributed by atoms with van der Waals surface area (Å²) in [4.78, 5) is 10.7. The summed E-state index contributed by atoms with van der Waals surface area (Å²) in [7, 11) is 0. The molecule has 0 aliphatic rings. The SMILES string of the molecule is CCCCCC(C)NCCOc1ccc(C(=O)O)cc1. The van der Waals surface area contributed by atoms with Crippen LogP contribution in [0.15, 0.2) is 24.3 Å². The Bertz CT molecular complexity index is 389. The number of hydrogen-bond donors (Lipinski definition) is 2. The predicted molar refractivity (Wildman–Crippen MR) is 80.5 cm³/mol. The molecule has 4 nitrogen and oxygen atoms in total. The molecule has 0 saturated heterocycles. The first-order chi connectivity index (χ1) is 9.63. The van der Waals surface area contributed by atoms with Crippen molar-refractivity contribution < 1.29 is 14.6 Å². The van der Waals surface area contributed by atoms with Gasteiger partial charge in [-0.25, -0.2) is 4.79 Å². The third kappa shape index (κ3) is 6.57. The Hall–Kier alpha value is -1.55. The van der Waals surface area contributed by atoms with Crippen molar-refractivity contribution in [1.82, 2.24) is 5.32 Å². The molecule has 0 saturated carbocycles. The number of aromatic carboxylic acids is 1. The van der Waals surface area contributed by atoms with Gasteiger partial charge in [0.15, 0.2) is 0 Å². The van der Waals surface area contributed by atoms with E-state index in [-0.39, 0.29) is 5.56 Å². The second-order valence-corrected chi connectivity index (χ2v) is 5.03. The van der Waals surface area contributed by atoms with E-state index in [4.69, 9.17) is 9.84 Å². The fourth-order valence-electron chi connectivity index (χ4n) is 1.97. The Labute approximate surface area is 121 Å². The zero-order valence-electron chi connectivity index (χ0n) is 12.4. The van der Waals surface area contributed by atoms with E-state index in [1.54, 1.807) is 24.3 Å². The molecule has 1 unspecified atom stereocenters. The second kappa shape index (κ2) is 9.37. The molecule has 0 radical (unpaired) electrons. The van der Waals surface area contributed by atoms with E-state index < -0.39 is 5.97 Å². The fraction of sp³-hybridized carbons (Fsp3) is 0.562. The van der Waals surface area contributed by atoms with Gasteiger partial charge in [0.2, 0.25) is 0 Å². The maximum Gasteiger partial charge on any atom is 0.335 e. The van der Waals surface area contributed by atoms with E-state index >= 15 is 0 Å². The van der Waals surface area contributed by atoms with Gasteiger partial charge < -0.3 is 15.2 Å². The van der Waals surface area contributed by atoms with Gasteiger partial charge in [-0.15, -0.1) is 0 Å². The van der Waals surface area contributed by atoms with Gasteiger partial charge in [0.25, 0.3) is 0 Å². The minimum Gasteiger partial charge on any atom is -0.492 e. The van der Waals surface area contributed by atoms with Gasteiger partial charge in [0.05, 0.1) is 5.56 Å². The molecule has 1 atom stereocenters. The van der Waals surface area contributed by atoms with Crippen LogP contribution in [0.2, 0.25) is 0 Å². The lowest BCUT2D eigenvalue weighted by Crippen LogP contribution is -2.30. The normalized spacial score (nSPS) is 12.1. The lowest BCUT2D eigenvalue weighted by atomic mass is 10.1. The molecule has 112 valence electrons. The number of nitrogens with one attached hydrogen (secondary N) is 1. The number of carboxylic acid groups (broad SMARTS) is 1. The third-order valence-corrected chi connectivity index (χ3v) is 3.21. The zero-order valence-corrected chi connectivity index (χ0v) is 12.4. The maximum absolute atomic E-state index is 10.7. The summed E-state index contributed by atoms with van der Waals surface area (Å²) in [5, 5.41) is 12.2. The number of rotatable bonds is 10. The molecular formula is C16H25NO3. The highest BCUT2D eigenvalue weighted by atomic mass is 16.5. The second-order valence-electron chi connectivity index (χ2n) is 5.03. The standard InChI is InChI=1S/C16H25NO3/c1-3-4-5-6-13(2)17-11-12-20-15-9-7-14(8-10-15)16(18)19/h7-10,13,17H,3-6,11-12H2,1-2H3,(H,18,19). The molecule has 1 aromatic rings. The molecule has 0 spiro atoms. The average molecular weight is 279 g/mol. The van der Waals surface area contributed by atoms with Gasteiger partial charge in [0, 0.05) is 12.6 Å². The monoisotopic (exact) mass is 279 g/mol. The molecule has 0 heterocycles. The van der Waals surface area contributed by atoms with Crippen molar-refractivity contribution in [3.8, 4) is 5.75 Å². The molecule has 20 heavy (non-hydrogen) atoms. The van der Waals surface area contributed by atoms with Crippen LogP contribution in [-0.4, -0.2) is 30.3 Å². The van der Waals surface area contributed by atoms with Gasteiger partial charge in [-0.2, -0.15) is 0 Å². The maximum atomic E-state index is 10.7. The topological polar surface area (TPSA) is 58.6 Å². The van der Waals surface area contributed by atoms with Crippen molar-refractivity contribution in [2.24, 2.45) is 0 Å². The Morgan fingerprint density at radius 2 is 2.00 bits per heavy atom. The van der Waals surface area contributed by atoms with Crippen LogP contribution < -0.4 is 10.1 Å². The van der Waals surface area contributed by atoms with E-state index in [2.05, 4.69) is 19.2 Å². The van der Waals surface area contributed by atoms with Gasteiger partial charge in [-0.05, 0) is 37.6 Å². The summed E-state index contributed by atoms with van der Waals surface area (Å²) in [6.07, 6.45) is 5.00. The Kier molecular flexibility index (Phi) is 7.73. The molecule has 0 bridgehead atoms. The van der Waals surface area contributed by atoms with Crippen molar-refractivity contribution in [1.29, 1.82) is 0 Å². The van der Waals surface area contributed by atoms with Gasteiger partial charge in [-0.1, -0.05) is 26.2 Å². The van der Waals surface area contributed by atoms with Gasteiger partial charge in [-0.3, -0.25) is 0 Å². The number of ether oxygens (including phenoxy) is 1. The van der Waals surface area contributed by atoms with Crippen LogP contribution in [0.5, 0.6) is 5.75 Å². The smallest absolute Gasteiger partial charge is 0.335 e. The first-order valence-electron chi connectivity index (χ1n) is 7.33. The Morgan fingerprint density at radius 1 is 1.30 bits per heavy atom. The molecule has 4 heteroatoms. The highest BCUT2D eigenvalue weighted by Crippen LogP contribution is 2.11. The largest absolute Gasteiger partial charge is 0.492 e. The summed E-state index contributed by atoms with van der Waals surface area (Å²) in [6.45, 7) is 5.79. The molecule has 1 aromatic carbocycles. The molecule has 2 N–H and O–H groups in total. The molecule has 0 fully saturated rings. The molecule has 0 aliphatic carbocycles. The quantitative estimate of drug-likeness (QED) is 0.645. The molecule has 0 aromatic heterocycles. The van der Waals surface area contributed by atoms with Crippen molar-refractivity contribution >= 4 is 5.97 Å². The number of benzene rings is 1. The molecular weight excluding hydrogens is 254 g/mol. The van der Waals surface area contributed by atoms with E-state index in [0.29, 0.717) is 18.4 Å². The van der Waals surface area contributed by atoms with Crippen LogP contribution in [0, 0.1) is 0 Å². The summed E-state index contributed by atoms with van der Waals surface area (Å²) >= 11 is 0. The van der Waals surface area contributed by atoms with E-state index in [1.165, 1.54) is 25.7 Å². The van der Waals surface area contributed by atoms with E-state index in [0.717, 1.165) is 6.54 Å². The lowest BCUT2D eigenvalue weighted by Gasteiger charge is -2.14. The van der Waals surface area contributed by atoms with Crippen molar-refractivity contribution in [3.05, 3.63) is 29.8 Å². The summed E-state index contributed by atoms with van der Waals surface area (Å²) in [5.41, 5.74) is 0.278. The molecule has 0 aliphatic heterocycles. The van der Waals surface area contributed by atoms with E-state index in [1.807, 2.05) is 0 Å². The first kappa shape index (κ1) is 16.5. The average Bonchev–Trinajstić information content (AvgIpc) is 2.44. The lowest BCUT2D eigenvalue weighted by molar-refractivity contribution is 0.0697. The Balaban J connectivity index is 2.16. The summed E-state index contributed by atoms with van der Waals surface area (Å²) < 4.78 is 5.56. The van der Waals surface area contributed by atoms with Crippen molar-refractivity contribution in [2.45, 2.75) is 45.6 Å². The highest BCUT2D eigenvalue weighted by Gasteiger charge is 2.03. The van der Waals surface area contributed by atoms with Crippen LogP contribution in [0.4, 0.5) is 0 Å². The van der Waals surface area contributed by atoms with Crippen LogP contribution >= 0.6 is 0 Å². The summed E-state index contributed by atoms with van der Waals surface area (Å²) in [6, 6.07) is 7.00. The zero-order chi connectivity index (χ0) is 14.8. The number of unbranched alkanes of at least 4 members (excludes halogenated alkanes) is 2. The van der Waals surface area contributed by atoms with E-state index in [9.17, 15) is 4.79 Å².